The zero-order valence-corrected chi connectivity index (χ0v) is 13.2. The number of piperidine rings is 1. The van der Waals surface area contributed by atoms with Crippen molar-refractivity contribution in [2.24, 2.45) is 11.8 Å². The molecular formula is C17H23F2N3O. The number of alkyl halides is 2. The molecule has 0 saturated carbocycles. The lowest BCUT2D eigenvalue weighted by atomic mass is 9.93. The predicted octanol–water partition coefficient (Wildman–Crippen LogP) is 2.80. The first-order chi connectivity index (χ1) is 11.1. The SMILES string of the molecule is O=C(C1CCN(c2ccncc2)C1)N1CCC(CC(F)F)CC1. The Hall–Kier alpha value is -1.72. The van der Waals surface area contributed by atoms with E-state index < -0.39 is 6.43 Å². The second-order valence-corrected chi connectivity index (χ2v) is 6.53. The van der Waals surface area contributed by atoms with Crippen molar-refractivity contribution >= 4 is 11.6 Å². The van der Waals surface area contributed by atoms with Crippen LogP contribution in [-0.2, 0) is 4.79 Å². The van der Waals surface area contributed by atoms with Crippen LogP contribution < -0.4 is 4.90 Å². The molecule has 23 heavy (non-hydrogen) atoms. The van der Waals surface area contributed by atoms with Gasteiger partial charge in [-0.05, 0) is 37.3 Å². The van der Waals surface area contributed by atoms with Gasteiger partial charge in [-0.25, -0.2) is 8.78 Å². The number of hydrogen-bond acceptors (Lipinski definition) is 3. The van der Waals surface area contributed by atoms with E-state index in [1.807, 2.05) is 17.0 Å². The number of halogens is 2. The van der Waals surface area contributed by atoms with Gasteiger partial charge in [-0.15, -0.1) is 0 Å². The van der Waals surface area contributed by atoms with Crippen LogP contribution in [0.5, 0.6) is 0 Å². The minimum atomic E-state index is -2.23. The summed E-state index contributed by atoms with van der Waals surface area (Å²) in [6.07, 6.45) is 3.54. The molecule has 0 radical (unpaired) electrons. The number of rotatable bonds is 4. The molecule has 0 spiro atoms. The van der Waals surface area contributed by atoms with E-state index in [-0.39, 0.29) is 24.2 Å². The summed E-state index contributed by atoms with van der Waals surface area (Å²) in [5.41, 5.74) is 1.10. The molecule has 2 aliphatic heterocycles. The summed E-state index contributed by atoms with van der Waals surface area (Å²) in [5, 5.41) is 0. The van der Waals surface area contributed by atoms with Gasteiger partial charge in [-0.2, -0.15) is 0 Å². The van der Waals surface area contributed by atoms with Gasteiger partial charge in [0.2, 0.25) is 12.3 Å². The third-order valence-electron chi connectivity index (χ3n) is 5.00. The Bertz CT molecular complexity index is 518. The highest BCUT2D eigenvalue weighted by Gasteiger charge is 2.33. The van der Waals surface area contributed by atoms with Crippen molar-refractivity contribution in [1.82, 2.24) is 9.88 Å². The van der Waals surface area contributed by atoms with E-state index in [4.69, 9.17) is 0 Å². The highest BCUT2D eigenvalue weighted by Crippen LogP contribution is 2.28. The zero-order chi connectivity index (χ0) is 16.2. The van der Waals surface area contributed by atoms with Crippen LogP contribution >= 0.6 is 0 Å². The van der Waals surface area contributed by atoms with Gasteiger partial charge in [-0.3, -0.25) is 9.78 Å². The molecule has 3 heterocycles. The monoisotopic (exact) mass is 323 g/mol. The van der Waals surface area contributed by atoms with Crippen molar-refractivity contribution in [1.29, 1.82) is 0 Å². The summed E-state index contributed by atoms with van der Waals surface area (Å²) < 4.78 is 24.9. The Morgan fingerprint density at radius 2 is 1.87 bits per heavy atom. The van der Waals surface area contributed by atoms with Crippen LogP contribution in [0.2, 0.25) is 0 Å². The largest absolute Gasteiger partial charge is 0.371 e. The second-order valence-electron chi connectivity index (χ2n) is 6.53. The number of carbonyl (C=O) groups excluding carboxylic acids is 1. The average molecular weight is 323 g/mol. The Balaban J connectivity index is 1.50. The fourth-order valence-electron chi connectivity index (χ4n) is 3.65. The van der Waals surface area contributed by atoms with E-state index in [0.29, 0.717) is 25.9 Å². The van der Waals surface area contributed by atoms with Gasteiger partial charge in [-0.1, -0.05) is 0 Å². The van der Waals surface area contributed by atoms with Crippen LogP contribution in [0.3, 0.4) is 0 Å². The molecule has 2 aliphatic rings. The van der Waals surface area contributed by atoms with Gasteiger partial charge in [0.15, 0.2) is 0 Å². The zero-order valence-electron chi connectivity index (χ0n) is 13.2. The number of aromatic nitrogens is 1. The van der Waals surface area contributed by atoms with Crippen LogP contribution in [0.1, 0.15) is 25.7 Å². The minimum absolute atomic E-state index is 0.0230. The van der Waals surface area contributed by atoms with Crippen LogP contribution in [-0.4, -0.2) is 48.4 Å². The summed E-state index contributed by atoms with van der Waals surface area (Å²) in [4.78, 5) is 20.8. The summed E-state index contributed by atoms with van der Waals surface area (Å²) in [7, 11) is 0. The van der Waals surface area contributed by atoms with Crippen LogP contribution in [0.15, 0.2) is 24.5 Å². The van der Waals surface area contributed by atoms with E-state index >= 15 is 0 Å². The number of pyridine rings is 1. The maximum atomic E-state index is 12.6. The molecule has 3 rings (SSSR count). The van der Waals surface area contributed by atoms with Gasteiger partial charge in [0.05, 0.1) is 5.92 Å². The summed E-state index contributed by atoms with van der Waals surface area (Å²) in [6, 6.07) is 3.92. The summed E-state index contributed by atoms with van der Waals surface area (Å²) >= 11 is 0. The molecule has 1 aromatic rings. The Labute approximate surface area is 135 Å². The van der Waals surface area contributed by atoms with E-state index in [9.17, 15) is 13.6 Å². The first-order valence-electron chi connectivity index (χ1n) is 8.35. The van der Waals surface area contributed by atoms with E-state index in [1.54, 1.807) is 12.4 Å². The quantitative estimate of drug-likeness (QED) is 0.855. The van der Waals surface area contributed by atoms with Gasteiger partial charge in [0, 0.05) is 50.7 Å². The van der Waals surface area contributed by atoms with E-state index in [0.717, 1.165) is 25.2 Å². The lowest BCUT2D eigenvalue weighted by Crippen LogP contribution is -2.42. The van der Waals surface area contributed by atoms with Crippen LogP contribution in [0.4, 0.5) is 14.5 Å². The molecular weight excluding hydrogens is 300 g/mol. The Kier molecular flexibility index (Phi) is 5.08. The number of hydrogen-bond donors (Lipinski definition) is 0. The summed E-state index contributed by atoms with van der Waals surface area (Å²) in [5.74, 6) is 0.280. The van der Waals surface area contributed by atoms with Crippen molar-refractivity contribution < 1.29 is 13.6 Å². The van der Waals surface area contributed by atoms with E-state index in [1.165, 1.54) is 0 Å². The second kappa shape index (κ2) is 7.23. The molecule has 2 saturated heterocycles. The van der Waals surface area contributed by atoms with E-state index in [2.05, 4.69) is 9.88 Å². The first kappa shape index (κ1) is 16.1. The van der Waals surface area contributed by atoms with Crippen molar-refractivity contribution in [3.8, 4) is 0 Å². The fourth-order valence-corrected chi connectivity index (χ4v) is 3.65. The highest BCUT2D eigenvalue weighted by molar-refractivity contribution is 5.80. The lowest BCUT2D eigenvalue weighted by molar-refractivity contribution is -0.136. The molecule has 0 aromatic carbocycles. The predicted molar refractivity (Wildman–Crippen MR) is 84.5 cm³/mol. The van der Waals surface area contributed by atoms with Gasteiger partial charge < -0.3 is 9.80 Å². The molecule has 1 aromatic heterocycles. The average Bonchev–Trinajstić information content (AvgIpc) is 3.05. The summed E-state index contributed by atoms with van der Waals surface area (Å²) in [6.45, 7) is 2.87. The normalized spacial score (nSPS) is 22.8. The molecule has 1 amide bonds. The van der Waals surface area contributed by atoms with Crippen molar-refractivity contribution in [3.05, 3.63) is 24.5 Å². The molecule has 0 aliphatic carbocycles. The number of nitrogens with zero attached hydrogens (tertiary/aromatic N) is 3. The number of likely N-dealkylation sites (tertiary alicyclic amines) is 1. The third-order valence-corrected chi connectivity index (χ3v) is 5.00. The molecule has 1 unspecified atom stereocenters. The van der Waals surface area contributed by atoms with Gasteiger partial charge in [0.1, 0.15) is 0 Å². The first-order valence-corrected chi connectivity index (χ1v) is 8.35. The number of amides is 1. The minimum Gasteiger partial charge on any atom is -0.371 e. The molecule has 6 heteroatoms. The maximum Gasteiger partial charge on any atom is 0.238 e. The molecule has 4 nitrogen and oxygen atoms in total. The van der Waals surface area contributed by atoms with Crippen molar-refractivity contribution in [2.75, 3.05) is 31.1 Å². The third kappa shape index (κ3) is 3.98. The number of carbonyl (C=O) groups is 1. The molecule has 0 N–H and O–H groups in total. The molecule has 0 bridgehead atoms. The van der Waals surface area contributed by atoms with Crippen molar-refractivity contribution in [2.45, 2.75) is 32.1 Å². The lowest BCUT2D eigenvalue weighted by Gasteiger charge is -2.33. The van der Waals surface area contributed by atoms with Gasteiger partial charge >= 0.3 is 0 Å². The Morgan fingerprint density at radius 3 is 2.52 bits per heavy atom. The molecule has 1 atom stereocenters. The van der Waals surface area contributed by atoms with Crippen LogP contribution in [0.25, 0.3) is 0 Å². The van der Waals surface area contributed by atoms with Gasteiger partial charge in [0.25, 0.3) is 0 Å². The number of anilines is 1. The highest BCUT2D eigenvalue weighted by atomic mass is 19.3. The topological polar surface area (TPSA) is 36.4 Å². The molecule has 126 valence electrons. The standard InChI is InChI=1S/C17H23F2N3O/c18-16(19)11-13-3-8-21(9-4-13)17(23)14-5-10-22(12-14)15-1-6-20-7-2-15/h1-2,6-7,13-14,16H,3-5,8-12H2. The fraction of sp³-hybridized carbons (Fsp3) is 0.647. The Morgan fingerprint density at radius 1 is 1.17 bits per heavy atom. The van der Waals surface area contributed by atoms with Crippen molar-refractivity contribution in [3.63, 3.8) is 0 Å². The molecule has 2 fully saturated rings. The maximum absolute atomic E-state index is 12.6. The van der Waals surface area contributed by atoms with Crippen LogP contribution in [0, 0.1) is 11.8 Å². The smallest absolute Gasteiger partial charge is 0.238 e.